The van der Waals surface area contributed by atoms with Crippen molar-refractivity contribution < 1.29 is 9.90 Å². The molecule has 25 heavy (non-hydrogen) atoms. The van der Waals surface area contributed by atoms with E-state index >= 15 is 0 Å². The number of rotatable bonds is 1. The second-order valence-corrected chi connectivity index (χ2v) is 8.51. The quantitative estimate of drug-likeness (QED) is 0.776. The molecule has 1 amide bonds. The molecule has 1 N–H and O–H groups in total. The minimum absolute atomic E-state index is 0.135. The number of nitrogens with zero attached hydrogens (tertiary/aromatic N) is 2. The molecule has 0 radical (unpaired) electrons. The van der Waals surface area contributed by atoms with Crippen LogP contribution in [0.25, 0.3) is 10.9 Å². The third-order valence-electron chi connectivity index (χ3n) is 6.13. The lowest BCUT2D eigenvalue weighted by molar-refractivity contribution is -0.0182. The summed E-state index contributed by atoms with van der Waals surface area (Å²) in [6.45, 7) is 11.1. The normalized spacial score (nSPS) is 24.5. The number of aromatic nitrogens is 1. The minimum Gasteiger partial charge on any atom is -0.465 e. The van der Waals surface area contributed by atoms with Crippen LogP contribution in [0.1, 0.15) is 57.7 Å². The summed E-state index contributed by atoms with van der Waals surface area (Å²) in [5.74, 6) is 0.341. The Labute approximate surface area is 149 Å². The molecule has 1 aliphatic rings. The second-order valence-electron chi connectivity index (χ2n) is 8.51. The maximum atomic E-state index is 11.8. The summed E-state index contributed by atoms with van der Waals surface area (Å²) in [6, 6.07) is 10.5. The standard InChI is InChI=1S/C21H28N2O2/c1-14-9-10-17-16(7-6-8-18(17)22-14)15-11-12-23(19(24)25)21(5,13-15)20(2,3)4/h6-10,15H,11-13H2,1-5H3,(H,24,25). The van der Waals surface area contributed by atoms with Gasteiger partial charge in [0.25, 0.3) is 0 Å². The molecule has 134 valence electrons. The Morgan fingerprint density at radius 1 is 1.28 bits per heavy atom. The predicted molar refractivity (Wildman–Crippen MR) is 101 cm³/mol. The number of pyridine rings is 1. The fourth-order valence-electron chi connectivity index (χ4n) is 4.14. The van der Waals surface area contributed by atoms with Crippen molar-refractivity contribution in [3.63, 3.8) is 0 Å². The molecule has 4 nitrogen and oxygen atoms in total. The number of aryl methyl sites for hydroxylation is 1. The molecule has 1 saturated heterocycles. The summed E-state index contributed by atoms with van der Waals surface area (Å²) in [4.78, 5) is 18.1. The van der Waals surface area contributed by atoms with Gasteiger partial charge in [0, 0.05) is 23.2 Å². The van der Waals surface area contributed by atoms with E-state index in [2.05, 4.69) is 63.0 Å². The topological polar surface area (TPSA) is 53.4 Å². The molecule has 1 aromatic heterocycles. The van der Waals surface area contributed by atoms with Crippen LogP contribution in [0.5, 0.6) is 0 Å². The van der Waals surface area contributed by atoms with Crippen LogP contribution in [0.2, 0.25) is 0 Å². The lowest BCUT2D eigenvalue weighted by atomic mass is 9.65. The van der Waals surface area contributed by atoms with E-state index in [1.54, 1.807) is 4.90 Å². The number of piperidine rings is 1. The fraction of sp³-hybridized carbons (Fsp3) is 0.524. The van der Waals surface area contributed by atoms with Crippen molar-refractivity contribution in [3.05, 3.63) is 41.6 Å². The maximum absolute atomic E-state index is 11.8. The molecular formula is C21H28N2O2. The number of likely N-dealkylation sites (tertiary alicyclic amines) is 1. The van der Waals surface area contributed by atoms with Crippen LogP contribution in [0, 0.1) is 12.3 Å². The lowest BCUT2D eigenvalue weighted by Gasteiger charge is -2.53. The van der Waals surface area contributed by atoms with Crippen molar-refractivity contribution in [1.29, 1.82) is 0 Å². The largest absolute Gasteiger partial charge is 0.465 e. The first-order valence-electron chi connectivity index (χ1n) is 9.00. The van der Waals surface area contributed by atoms with Gasteiger partial charge < -0.3 is 10.0 Å². The summed E-state index contributed by atoms with van der Waals surface area (Å²) in [6.07, 6.45) is 0.867. The molecule has 0 spiro atoms. The second kappa shape index (κ2) is 6.01. The molecule has 1 fully saturated rings. The Hall–Kier alpha value is -2.10. The summed E-state index contributed by atoms with van der Waals surface area (Å²) < 4.78 is 0. The van der Waals surface area contributed by atoms with Gasteiger partial charge in [-0.15, -0.1) is 0 Å². The highest BCUT2D eigenvalue weighted by molar-refractivity contribution is 5.83. The van der Waals surface area contributed by atoms with Crippen molar-refractivity contribution in [2.45, 2.75) is 58.9 Å². The summed E-state index contributed by atoms with van der Waals surface area (Å²) in [5.41, 5.74) is 2.80. The van der Waals surface area contributed by atoms with Gasteiger partial charge in [0.05, 0.1) is 5.52 Å². The molecule has 1 aliphatic heterocycles. The van der Waals surface area contributed by atoms with E-state index in [1.807, 2.05) is 6.92 Å². The molecule has 2 heterocycles. The van der Waals surface area contributed by atoms with Crippen LogP contribution in [0.3, 0.4) is 0 Å². The number of hydrogen-bond donors (Lipinski definition) is 1. The SMILES string of the molecule is Cc1ccc2c(C3CCN(C(=O)O)C(C)(C(C)(C)C)C3)cccc2n1. The lowest BCUT2D eigenvalue weighted by Crippen LogP contribution is -2.60. The number of hydrogen-bond acceptors (Lipinski definition) is 2. The van der Waals surface area contributed by atoms with Crippen molar-refractivity contribution >= 4 is 17.0 Å². The van der Waals surface area contributed by atoms with Gasteiger partial charge in [0.2, 0.25) is 0 Å². The molecule has 2 unspecified atom stereocenters. The molecule has 2 aromatic rings. The van der Waals surface area contributed by atoms with Crippen molar-refractivity contribution in [2.75, 3.05) is 6.54 Å². The first kappa shape index (κ1) is 17.7. The van der Waals surface area contributed by atoms with E-state index in [9.17, 15) is 9.90 Å². The van der Waals surface area contributed by atoms with Crippen molar-refractivity contribution in [3.8, 4) is 0 Å². The third kappa shape index (κ3) is 2.99. The van der Waals surface area contributed by atoms with Crippen molar-refractivity contribution in [2.24, 2.45) is 5.41 Å². The van der Waals surface area contributed by atoms with Crippen LogP contribution in [0.15, 0.2) is 30.3 Å². The number of fused-ring (bicyclic) bond motifs is 1. The number of amides is 1. The van der Waals surface area contributed by atoms with Gasteiger partial charge in [-0.05, 0) is 55.7 Å². The molecule has 0 saturated carbocycles. The first-order chi connectivity index (χ1) is 11.6. The van der Waals surface area contributed by atoms with E-state index in [0.717, 1.165) is 24.1 Å². The van der Waals surface area contributed by atoms with Crippen LogP contribution in [0.4, 0.5) is 4.79 Å². The van der Waals surface area contributed by atoms with Gasteiger partial charge in [-0.1, -0.05) is 39.0 Å². The van der Waals surface area contributed by atoms with E-state index in [0.29, 0.717) is 12.5 Å². The number of carbonyl (C=O) groups is 1. The average Bonchev–Trinajstić information content (AvgIpc) is 2.52. The van der Waals surface area contributed by atoms with Gasteiger partial charge in [0.1, 0.15) is 0 Å². The Morgan fingerprint density at radius 2 is 2.00 bits per heavy atom. The zero-order chi connectivity index (χ0) is 18.4. The van der Waals surface area contributed by atoms with Crippen LogP contribution in [-0.4, -0.2) is 33.2 Å². The minimum atomic E-state index is -0.814. The van der Waals surface area contributed by atoms with Crippen LogP contribution in [-0.2, 0) is 0 Å². The van der Waals surface area contributed by atoms with Gasteiger partial charge in [-0.2, -0.15) is 0 Å². The van der Waals surface area contributed by atoms with Crippen molar-refractivity contribution in [1.82, 2.24) is 9.88 Å². The molecule has 4 heteroatoms. The van der Waals surface area contributed by atoms with Gasteiger partial charge in [-0.3, -0.25) is 4.98 Å². The highest BCUT2D eigenvalue weighted by Crippen LogP contribution is 2.47. The van der Waals surface area contributed by atoms with E-state index in [4.69, 9.17) is 0 Å². The number of benzene rings is 1. The van der Waals surface area contributed by atoms with Crippen LogP contribution < -0.4 is 0 Å². The Kier molecular flexibility index (Phi) is 4.26. The molecule has 3 rings (SSSR count). The Balaban J connectivity index is 2.04. The van der Waals surface area contributed by atoms with Gasteiger partial charge in [-0.25, -0.2) is 4.79 Å². The average molecular weight is 340 g/mol. The molecule has 0 aliphatic carbocycles. The van der Waals surface area contributed by atoms with E-state index < -0.39 is 11.6 Å². The summed E-state index contributed by atoms with van der Waals surface area (Å²) >= 11 is 0. The smallest absolute Gasteiger partial charge is 0.407 e. The Morgan fingerprint density at radius 3 is 2.64 bits per heavy atom. The highest BCUT2D eigenvalue weighted by Gasteiger charge is 2.49. The molecule has 2 atom stereocenters. The Bertz CT molecular complexity index is 809. The summed E-state index contributed by atoms with van der Waals surface area (Å²) in [5, 5.41) is 10.9. The zero-order valence-corrected chi connectivity index (χ0v) is 15.8. The maximum Gasteiger partial charge on any atom is 0.407 e. The third-order valence-corrected chi connectivity index (χ3v) is 6.13. The van der Waals surface area contributed by atoms with Crippen LogP contribution >= 0.6 is 0 Å². The monoisotopic (exact) mass is 340 g/mol. The molecular weight excluding hydrogens is 312 g/mol. The van der Waals surface area contributed by atoms with Gasteiger partial charge >= 0.3 is 6.09 Å². The van der Waals surface area contributed by atoms with E-state index in [1.165, 1.54) is 10.9 Å². The predicted octanol–water partition coefficient (Wildman–Crippen LogP) is 5.21. The van der Waals surface area contributed by atoms with Gasteiger partial charge in [0.15, 0.2) is 0 Å². The summed E-state index contributed by atoms with van der Waals surface area (Å²) in [7, 11) is 0. The first-order valence-corrected chi connectivity index (χ1v) is 9.00. The highest BCUT2D eigenvalue weighted by atomic mass is 16.4. The molecule has 1 aromatic carbocycles. The fourth-order valence-corrected chi connectivity index (χ4v) is 4.14. The van der Waals surface area contributed by atoms with E-state index in [-0.39, 0.29) is 5.41 Å². The zero-order valence-electron chi connectivity index (χ0n) is 15.8. The number of carboxylic acid groups (broad SMARTS) is 1. The molecule has 0 bridgehead atoms.